The summed E-state index contributed by atoms with van der Waals surface area (Å²) in [6, 6.07) is 14.2. The maximum atomic E-state index is 12.3. The van der Waals surface area contributed by atoms with Crippen LogP contribution >= 0.6 is 0 Å². The zero-order chi connectivity index (χ0) is 22.4. The SMILES string of the molecule is Cc1cc(/C=C/C(=O)O[C@@H](C)C(=O)Nc2cccc(C#N)c2)c(C)n1Cc1ccco1. The smallest absolute Gasteiger partial charge is 0.331 e. The van der Waals surface area contributed by atoms with Gasteiger partial charge in [-0.05, 0) is 68.8 Å². The lowest BCUT2D eigenvalue weighted by molar-refractivity contribution is -0.148. The Bertz CT molecular complexity index is 1150. The van der Waals surface area contributed by atoms with Gasteiger partial charge in [-0.15, -0.1) is 0 Å². The number of amides is 1. The van der Waals surface area contributed by atoms with Gasteiger partial charge in [0, 0.05) is 23.2 Å². The maximum Gasteiger partial charge on any atom is 0.331 e. The zero-order valence-corrected chi connectivity index (χ0v) is 17.6. The second kappa shape index (κ2) is 9.63. The van der Waals surface area contributed by atoms with Crippen molar-refractivity contribution in [3.63, 3.8) is 0 Å². The Hall–Kier alpha value is -4.05. The third-order valence-corrected chi connectivity index (χ3v) is 4.83. The van der Waals surface area contributed by atoms with Crippen LogP contribution in [0.25, 0.3) is 6.08 Å². The fourth-order valence-corrected chi connectivity index (χ4v) is 3.13. The van der Waals surface area contributed by atoms with Gasteiger partial charge in [0.25, 0.3) is 5.91 Å². The highest BCUT2D eigenvalue weighted by Gasteiger charge is 2.17. The number of anilines is 1. The Morgan fingerprint density at radius 3 is 2.77 bits per heavy atom. The molecule has 2 aromatic heterocycles. The molecule has 0 bridgehead atoms. The lowest BCUT2D eigenvalue weighted by atomic mass is 10.2. The summed E-state index contributed by atoms with van der Waals surface area (Å²) in [5.41, 5.74) is 3.79. The van der Waals surface area contributed by atoms with E-state index in [9.17, 15) is 9.59 Å². The topological polar surface area (TPSA) is 97.3 Å². The van der Waals surface area contributed by atoms with Gasteiger partial charge in [0.2, 0.25) is 0 Å². The molecule has 0 aliphatic rings. The van der Waals surface area contributed by atoms with Crippen LogP contribution in [0.2, 0.25) is 0 Å². The molecule has 0 saturated carbocycles. The molecule has 0 unspecified atom stereocenters. The Morgan fingerprint density at radius 2 is 2.06 bits per heavy atom. The molecule has 0 spiro atoms. The van der Waals surface area contributed by atoms with Crippen molar-refractivity contribution in [1.29, 1.82) is 5.26 Å². The monoisotopic (exact) mass is 417 g/mol. The Balaban J connectivity index is 1.59. The number of carbonyl (C=O) groups is 2. The molecule has 0 radical (unpaired) electrons. The van der Waals surface area contributed by atoms with Crippen molar-refractivity contribution in [3.8, 4) is 6.07 Å². The zero-order valence-electron chi connectivity index (χ0n) is 17.6. The number of hydrogen-bond donors (Lipinski definition) is 1. The van der Waals surface area contributed by atoms with Crippen LogP contribution in [0.3, 0.4) is 0 Å². The van der Waals surface area contributed by atoms with E-state index in [0.29, 0.717) is 17.8 Å². The van der Waals surface area contributed by atoms with Crippen molar-refractivity contribution in [2.24, 2.45) is 0 Å². The fraction of sp³-hybridized carbons (Fsp3) is 0.208. The van der Waals surface area contributed by atoms with Crippen LogP contribution in [0.4, 0.5) is 5.69 Å². The van der Waals surface area contributed by atoms with E-state index in [-0.39, 0.29) is 0 Å². The highest BCUT2D eigenvalue weighted by atomic mass is 16.5. The van der Waals surface area contributed by atoms with Crippen LogP contribution in [0.15, 0.2) is 59.2 Å². The molecule has 7 heteroatoms. The largest absolute Gasteiger partial charge is 0.467 e. The van der Waals surface area contributed by atoms with Crippen LogP contribution in [-0.2, 0) is 20.9 Å². The van der Waals surface area contributed by atoms with Gasteiger partial charge in [-0.2, -0.15) is 5.26 Å². The first-order valence-electron chi connectivity index (χ1n) is 9.76. The number of benzene rings is 1. The van der Waals surface area contributed by atoms with Gasteiger partial charge in [-0.25, -0.2) is 4.79 Å². The molecule has 3 aromatic rings. The van der Waals surface area contributed by atoms with Crippen molar-refractivity contribution < 1.29 is 18.7 Å². The molecule has 31 heavy (non-hydrogen) atoms. The third kappa shape index (κ3) is 5.52. The molecule has 0 fully saturated rings. The van der Waals surface area contributed by atoms with Gasteiger partial charge >= 0.3 is 5.97 Å². The molecule has 1 atom stereocenters. The van der Waals surface area contributed by atoms with Crippen LogP contribution in [-0.4, -0.2) is 22.5 Å². The Labute approximate surface area is 180 Å². The minimum atomic E-state index is -0.991. The number of aromatic nitrogens is 1. The Kier molecular flexibility index (Phi) is 6.73. The number of furan rings is 1. The van der Waals surface area contributed by atoms with Gasteiger partial charge in [-0.3, -0.25) is 4.79 Å². The van der Waals surface area contributed by atoms with E-state index in [0.717, 1.165) is 22.7 Å². The number of hydrogen-bond acceptors (Lipinski definition) is 5. The molecular formula is C24H23N3O4. The number of esters is 1. The van der Waals surface area contributed by atoms with Crippen LogP contribution in [0.5, 0.6) is 0 Å². The van der Waals surface area contributed by atoms with E-state index < -0.39 is 18.0 Å². The quantitative estimate of drug-likeness (QED) is 0.459. The van der Waals surface area contributed by atoms with E-state index in [2.05, 4.69) is 9.88 Å². The molecule has 0 aliphatic carbocycles. The summed E-state index contributed by atoms with van der Waals surface area (Å²) in [7, 11) is 0. The molecule has 0 saturated heterocycles. The molecule has 1 amide bonds. The predicted molar refractivity (Wildman–Crippen MR) is 116 cm³/mol. The predicted octanol–water partition coefficient (Wildman–Crippen LogP) is 4.20. The molecule has 1 N–H and O–H groups in total. The summed E-state index contributed by atoms with van der Waals surface area (Å²) in [5, 5.41) is 11.6. The minimum Gasteiger partial charge on any atom is -0.467 e. The van der Waals surface area contributed by atoms with E-state index in [4.69, 9.17) is 14.4 Å². The van der Waals surface area contributed by atoms with Gasteiger partial charge in [0.1, 0.15) is 5.76 Å². The summed E-state index contributed by atoms with van der Waals surface area (Å²) in [6.45, 7) is 6.04. The summed E-state index contributed by atoms with van der Waals surface area (Å²) in [4.78, 5) is 24.5. The van der Waals surface area contributed by atoms with Gasteiger partial charge < -0.3 is 19.0 Å². The number of aryl methyl sites for hydroxylation is 1. The second-order valence-corrected chi connectivity index (χ2v) is 7.09. The summed E-state index contributed by atoms with van der Waals surface area (Å²) in [6.07, 6.45) is 3.62. The normalized spacial score (nSPS) is 11.8. The standard InChI is InChI=1S/C24H23N3O4/c1-16-12-20(17(2)27(16)15-22-8-5-11-30-22)9-10-23(28)31-18(3)24(29)26-21-7-4-6-19(13-21)14-25/h4-13,18H,15H2,1-3H3,(H,26,29)/b10-9+/t18-/m0/s1. The van der Waals surface area contributed by atoms with Crippen LogP contribution < -0.4 is 5.32 Å². The van der Waals surface area contributed by atoms with Gasteiger partial charge in [-0.1, -0.05) is 6.07 Å². The lowest BCUT2D eigenvalue weighted by Gasteiger charge is -2.12. The molecule has 3 rings (SSSR count). The third-order valence-electron chi connectivity index (χ3n) is 4.83. The van der Waals surface area contributed by atoms with Gasteiger partial charge in [0.15, 0.2) is 6.10 Å². The number of ether oxygens (including phenoxy) is 1. The molecule has 1 aromatic carbocycles. The van der Waals surface area contributed by atoms with Crippen molar-refractivity contribution in [3.05, 3.63) is 83.1 Å². The highest BCUT2D eigenvalue weighted by molar-refractivity contribution is 5.96. The van der Waals surface area contributed by atoms with Crippen molar-refractivity contribution >= 4 is 23.6 Å². The van der Waals surface area contributed by atoms with Crippen molar-refractivity contribution in [2.45, 2.75) is 33.4 Å². The number of nitrogens with zero attached hydrogens (tertiary/aromatic N) is 2. The average molecular weight is 417 g/mol. The number of nitriles is 1. The lowest BCUT2D eigenvalue weighted by Crippen LogP contribution is -2.29. The first-order chi connectivity index (χ1) is 14.9. The summed E-state index contributed by atoms with van der Waals surface area (Å²) < 4.78 is 12.7. The van der Waals surface area contributed by atoms with Crippen molar-refractivity contribution in [1.82, 2.24) is 4.57 Å². The van der Waals surface area contributed by atoms with E-state index in [1.165, 1.54) is 13.0 Å². The summed E-state index contributed by atoms with van der Waals surface area (Å²) >= 11 is 0. The van der Waals surface area contributed by atoms with E-state index in [1.54, 1.807) is 36.6 Å². The van der Waals surface area contributed by atoms with Crippen molar-refractivity contribution in [2.75, 3.05) is 5.32 Å². The summed E-state index contributed by atoms with van der Waals surface area (Å²) in [5.74, 6) is -0.255. The van der Waals surface area contributed by atoms with E-state index in [1.807, 2.05) is 38.1 Å². The number of nitrogens with one attached hydrogen (secondary N) is 1. The molecular weight excluding hydrogens is 394 g/mol. The average Bonchev–Trinajstić information content (AvgIpc) is 3.36. The fourth-order valence-electron chi connectivity index (χ4n) is 3.13. The Morgan fingerprint density at radius 1 is 1.26 bits per heavy atom. The molecule has 7 nitrogen and oxygen atoms in total. The van der Waals surface area contributed by atoms with Crippen LogP contribution in [0, 0.1) is 25.2 Å². The number of rotatable bonds is 7. The van der Waals surface area contributed by atoms with Gasteiger partial charge in [0.05, 0.1) is 24.4 Å². The number of carbonyl (C=O) groups excluding carboxylic acids is 2. The molecule has 0 aliphatic heterocycles. The molecule has 158 valence electrons. The minimum absolute atomic E-state index is 0.426. The molecule has 2 heterocycles. The first-order valence-corrected chi connectivity index (χ1v) is 9.76. The highest BCUT2D eigenvalue weighted by Crippen LogP contribution is 2.19. The second-order valence-electron chi connectivity index (χ2n) is 7.09. The first kappa shape index (κ1) is 21.7. The maximum absolute atomic E-state index is 12.3. The van der Waals surface area contributed by atoms with E-state index >= 15 is 0 Å². The van der Waals surface area contributed by atoms with Crippen LogP contribution in [0.1, 0.15) is 35.2 Å².